The molecule has 0 atom stereocenters. The van der Waals surface area contributed by atoms with Crippen LogP contribution < -0.4 is 25.4 Å². The van der Waals surface area contributed by atoms with Gasteiger partial charge in [0.25, 0.3) is 0 Å². The molecule has 0 spiro atoms. The van der Waals surface area contributed by atoms with Crippen molar-refractivity contribution in [1.82, 2.24) is 4.98 Å². The van der Waals surface area contributed by atoms with Gasteiger partial charge in [-0.15, -0.1) is 0 Å². The van der Waals surface area contributed by atoms with E-state index in [2.05, 4.69) is 20.9 Å². The molecule has 2 amide bonds. The second-order valence-electron chi connectivity index (χ2n) is 5.86. The van der Waals surface area contributed by atoms with E-state index in [0.29, 0.717) is 30.5 Å². The summed E-state index contributed by atoms with van der Waals surface area (Å²) in [5, 5.41) is 8.70. The maximum atomic E-state index is 12.0. The Morgan fingerprint density at radius 3 is 2.33 bits per heavy atom. The molecule has 2 heterocycles. The van der Waals surface area contributed by atoms with Crippen LogP contribution in [-0.2, 0) is 0 Å². The summed E-state index contributed by atoms with van der Waals surface area (Å²) >= 11 is 0. The largest absolute Gasteiger partial charge is 0.486 e. The standard InChI is InChI=1S/C20H18N4O3/c25-20(23-14-4-2-1-3-5-14)24-16-7-9-19(21-13-16)22-15-6-8-17-18(12-15)27-11-10-26-17/h1-9,12-13H,10-11H2,(H,21,22)(H2,23,24,25). The molecular formula is C20H18N4O3. The van der Waals surface area contributed by atoms with Gasteiger partial charge >= 0.3 is 6.03 Å². The number of hydrogen-bond donors (Lipinski definition) is 3. The van der Waals surface area contributed by atoms with Crippen LogP contribution in [0, 0.1) is 0 Å². The van der Waals surface area contributed by atoms with Gasteiger partial charge in [-0.05, 0) is 36.4 Å². The fraction of sp³-hybridized carbons (Fsp3) is 0.100. The molecular weight excluding hydrogens is 344 g/mol. The normalized spacial score (nSPS) is 12.1. The molecule has 1 aliphatic rings. The minimum absolute atomic E-state index is 0.324. The van der Waals surface area contributed by atoms with Gasteiger partial charge in [0.15, 0.2) is 11.5 Å². The number of aromatic nitrogens is 1. The third kappa shape index (κ3) is 4.27. The Morgan fingerprint density at radius 2 is 1.56 bits per heavy atom. The number of benzene rings is 2. The molecule has 0 saturated carbocycles. The van der Waals surface area contributed by atoms with Crippen molar-refractivity contribution in [3.63, 3.8) is 0 Å². The summed E-state index contributed by atoms with van der Waals surface area (Å²) in [5.74, 6) is 2.10. The Hall–Kier alpha value is -3.74. The second-order valence-corrected chi connectivity index (χ2v) is 5.86. The van der Waals surface area contributed by atoms with E-state index < -0.39 is 0 Å². The average molecular weight is 362 g/mol. The number of carbonyl (C=O) groups excluding carboxylic acids is 1. The van der Waals surface area contributed by atoms with E-state index in [4.69, 9.17) is 9.47 Å². The maximum Gasteiger partial charge on any atom is 0.323 e. The molecule has 7 nitrogen and oxygen atoms in total. The Labute approximate surface area is 156 Å². The quantitative estimate of drug-likeness (QED) is 0.646. The summed E-state index contributed by atoms with van der Waals surface area (Å²) in [6, 6.07) is 18.1. The predicted molar refractivity (Wildman–Crippen MR) is 104 cm³/mol. The van der Waals surface area contributed by atoms with Gasteiger partial charge in [-0.25, -0.2) is 9.78 Å². The van der Waals surface area contributed by atoms with Crippen molar-refractivity contribution in [2.24, 2.45) is 0 Å². The first kappa shape index (κ1) is 16.7. The number of hydrogen-bond acceptors (Lipinski definition) is 5. The number of urea groups is 1. The van der Waals surface area contributed by atoms with Crippen LogP contribution in [-0.4, -0.2) is 24.2 Å². The number of anilines is 4. The Balaban J connectivity index is 1.37. The van der Waals surface area contributed by atoms with E-state index in [-0.39, 0.29) is 6.03 Å². The summed E-state index contributed by atoms with van der Waals surface area (Å²) in [7, 11) is 0. The smallest absolute Gasteiger partial charge is 0.323 e. The molecule has 1 aromatic heterocycles. The molecule has 27 heavy (non-hydrogen) atoms. The molecule has 2 aromatic carbocycles. The van der Waals surface area contributed by atoms with Crippen LogP contribution in [0.15, 0.2) is 66.9 Å². The van der Waals surface area contributed by atoms with Gasteiger partial charge in [0.2, 0.25) is 0 Å². The Kier molecular flexibility index (Phi) is 4.74. The Morgan fingerprint density at radius 1 is 0.815 bits per heavy atom. The summed E-state index contributed by atoms with van der Waals surface area (Å²) in [6.45, 7) is 1.10. The molecule has 1 aliphatic heterocycles. The van der Waals surface area contributed by atoms with Crippen molar-refractivity contribution >= 4 is 28.9 Å². The highest BCUT2D eigenvalue weighted by molar-refractivity contribution is 5.99. The fourth-order valence-corrected chi connectivity index (χ4v) is 2.63. The third-order valence-corrected chi connectivity index (χ3v) is 3.87. The minimum atomic E-state index is -0.324. The number of carbonyl (C=O) groups is 1. The van der Waals surface area contributed by atoms with Gasteiger partial charge in [-0.2, -0.15) is 0 Å². The first-order valence-electron chi connectivity index (χ1n) is 8.52. The zero-order valence-electron chi connectivity index (χ0n) is 14.4. The lowest BCUT2D eigenvalue weighted by Crippen LogP contribution is -2.19. The lowest BCUT2D eigenvalue weighted by molar-refractivity contribution is 0.171. The molecule has 0 aliphatic carbocycles. The van der Waals surface area contributed by atoms with Crippen molar-refractivity contribution in [1.29, 1.82) is 0 Å². The fourth-order valence-electron chi connectivity index (χ4n) is 2.63. The van der Waals surface area contributed by atoms with Crippen molar-refractivity contribution < 1.29 is 14.3 Å². The van der Waals surface area contributed by atoms with Crippen LogP contribution in [0.25, 0.3) is 0 Å². The van der Waals surface area contributed by atoms with Gasteiger partial charge in [-0.3, -0.25) is 0 Å². The lowest BCUT2D eigenvalue weighted by Gasteiger charge is -2.19. The van der Waals surface area contributed by atoms with Crippen molar-refractivity contribution in [2.75, 3.05) is 29.2 Å². The predicted octanol–water partition coefficient (Wildman–Crippen LogP) is 4.24. The summed E-state index contributed by atoms with van der Waals surface area (Å²) < 4.78 is 11.1. The number of fused-ring (bicyclic) bond motifs is 1. The molecule has 136 valence electrons. The van der Waals surface area contributed by atoms with Gasteiger partial charge in [0, 0.05) is 17.4 Å². The summed E-state index contributed by atoms with van der Waals surface area (Å²) in [4.78, 5) is 16.3. The molecule has 0 bridgehead atoms. The number of para-hydroxylation sites is 1. The number of pyridine rings is 1. The molecule has 3 aromatic rings. The third-order valence-electron chi connectivity index (χ3n) is 3.87. The first-order chi connectivity index (χ1) is 13.3. The highest BCUT2D eigenvalue weighted by Gasteiger charge is 2.12. The molecule has 0 radical (unpaired) electrons. The lowest BCUT2D eigenvalue weighted by atomic mass is 10.2. The van der Waals surface area contributed by atoms with Gasteiger partial charge in [0.05, 0.1) is 11.9 Å². The van der Waals surface area contributed by atoms with Crippen molar-refractivity contribution in [3.05, 3.63) is 66.9 Å². The van der Waals surface area contributed by atoms with Crippen LogP contribution in [0.1, 0.15) is 0 Å². The van der Waals surface area contributed by atoms with Crippen LogP contribution in [0.3, 0.4) is 0 Å². The zero-order valence-corrected chi connectivity index (χ0v) is 14.4. The van der Waals surface area contributed by atoms with E-state index in [1.807, 2.05) is 48.5 Å². The molecule has 7 heteroatoms. The SMILES string of the molecule is O=C(Nc1ccccc1)Nc1ccc(Nc2ccc3c(c2)OCCO3)nc1. The van der Waals surface area contributed by atoms with Gasteiger partial charge in [-0.1, -0.05) is 18.2 Å². The highest BCUT2D eigenvalue weighted by Crippen LogP contribution is 2.33. The van der Waals surface area contributed by atoms with Gasteiger partial charge < -0.3 is 25.4 Å². The number of nitrogens with zero attached hydrogens (tertiary/aromatic N) is 1. The Bertz CT molecular complexity index is 930. The number of nitrogens with one attached hydrogen (secondary N) is 3. The minimum Gasteiger partial charge on any atom is -0.486 e. The number of rotatable bonds is 4. The monoisotopic (exact) mass is 362 g/mol. The average Bonchev–Trinajstić information content (AvgIpc) is 2.70. The van der Waals surface area contributed by atoms with Crippen LogP contribution in [0.2, 0.25) is 0 Å². The molecule has 0 saturated heterocycles. The van der Waals surface area contributed by atoms with Crippen LogP contribution in [0.5, 0.6) is 11.5 Å². The van der Waals surface area contributed by atoms with Crippen molar-refractivity contribution in [3.8, 4) is 11.5 Å². The number of amides is 2. The van der Waals surface area contributed by atoms with Crippen LogP contribution >= 0.6 is 0 Å². The topological polar surface area (TPSA) is 84.5 Å². The molecule has 4 rings (SSSR count). The molecule has 0 fully saturated rings. The first-order valence-corrected chi connectivity index (χ1v) is 8.52. The molecule has 3 N–H and O–H groups in total. The highest BCUT2D eigenvalue weighted by atomic mass is 16.6. The summed E-state index contributed by atoms with van der Waals surface area (Å²) in [6.07, 6.45) is 1.59. The van der Waals surface area contributed by atoms with E-state index in [0.717, 1.165) is 17.1 Å². The van der Waals surface area contributed by atoms with E-state index >= 15 is 0 Å². The van der Waals surface area contributed by atoms with Crippen LogP contribution in [0.4, 0.5) is 27.7 Å². The van der Waals surface area contributed by atoms with E-state index in [1.165, 1.54) is 0 Å². The maximum absolute atomic E-state index is 12.0. The van der Waals surface area contributed by atoms with E-state index in [1.54, 1.807) is 18.3 Å². The zero-order chi connectivity index (χ0) is 18.5. The summed E-state index contributed by atoms with van der Waals surface area (Å²) in [5.41, 5.74) is 2.16. The van der Waals surface area contributed by atoms with Gasteiger partial charge in [0.1, 0.15) is 19.0 Å². The second kappa shape index (κ2) is 7.65. The number of ether oxygens (including phenoxy) is 2. The molecule has 0 unspecified atom stereocenters. The van der Waals surface area contributed by atoms with Crippen molar-refractivity contribution in [2.45, 2.75) is 0 Å². The van der Waals surface area contributed by atoms with E-state index in [9.17, 15) is 4.79 Å².